The van der Waals surface area contributed by atoms with Gasteiger partial charge in [-0.05, 0) is 62.4 Å². The number of nitrogens with two attached hydrogens (primary N) is 1. The first-order chi connectivity index (χ1) is 16.0. The molecule has 0 aliphatic heterocycles. The Morgan fingerprint density at radius 3 is 2.24 bits per heavy atom. The number of aliphatic imine (C=N–C) groups is 1. The number of nitrogens with zero attached hydrogens (tertiary/aromatic N) is 2. The maximum atomic E-state index is 12.5. The van der Waals surface area contributed by atoms with Crippen LogP contribution in [-0.4, -0.2) is 34.3 Å². The van der Waals surface area contributed by atoms with Crippen molar-refractivity contribution in [3.63, 3.8) is 0 Å². The van der Waals surface area contributed by atoms with E-state index in [1.165, 1.54) is 4.90 Å². The molecule has 4 N–H and O–H groups in total. The average Bonchev–Trinajstić information content (AvgIpc) is 3.11. The van der Waals surface area contributed by atoms with E-state index >= 15 is 0 Å². The molecule has 0 spiro atoms. The van der Waals surface area contributed by atoms with Crippen molar-refractivity contribution in [3.05, 3.63) is 87.9 Å². The summed E-state index contributed by atoms with van der Waals surface area (Å²) in [6.45, 7) is 3.34. The summed E-state index contributed by atoms with van der Waals surface area (Å²) < 4.78 is 0. The van der Waals surface area contributed by atoms with Crippen molar-refractivity contribution in [3.8, 4) is 5.88 Å². The molecule has 4 rings (SSSR count). The molecule has 0 saturated carbocycles. The van der Waals surface area contributed by atoms with Crippen molar-refractivity contribution in [2.75, 3.05) is 11.9 Å². The van der Waals surface area contributed by atoms with Gasteiger partial charge in [0.2, 0.25) is 5.91 Å². The molecule has 174 valence electrons. The van der Waals surface area contributed by atoms with Crippen LogP contribution in [0.4, 0.5) is 11.4 Å². The SMILES string of the molecule is CN(C(=O)C(C)(C)N)c1ccc(N=C(c2ccc(Cl)cc2)c2c(O)[nH]c3cc(Cl)ccc23)cc1. The molecule has 34 heavy (non-hydrogen) atoms. The molecule has 0 aliphatic carbocycles. The van der Waals surface area contributed by atoms with Crippen molar-refractivity contribution in [1.29, 1.82) is 0 Å². The topological polar surface area (TPSA) is 94.7 Å². The van der Waals surface area contributed by atoms with Gasteiger partial charge in [-0.3, -0.25) is 4.79 Å². The van der Waals surface area contributed by atoms with E-state index in [-0.39, 0.29) is 11.8 Å². The lowest BCUT2D eigenvalue weighted by molar-refractivity contribution is -0.122. The van der Waals surface area contributed by atoms with Gasteiger partial charge < -0.3 is 20.7 Å². The quantitative estimate of drug-likeness (QED) is 0.294. The Labute approximate surface area is 207 Å². The van der Waals surface area contributed by atoms with Crippen LogP contribution in [0.15, 0.2) is 71.7 Å². The first kappa shape index (κ1) is 23.8. The maximum absolute atomic E-state index is 12.5. The van der Waals surface area contributed by atoms with Crippen LogP contribution in [0.25, 0.3) is 10.9 Å². The molecule has 4 aromatic rings. The Morgan fingerprint density at radius 2 is 1.62 bits per heavy atom. The fourth-order valence-electron chi connectivity index (χ4n) is 3.70. The third kappa shape index (κ3) is 4.80. The number of rotatable bonds is 5. The Hall–Kier alpha value is -3.32. The zero-order valence-electron chi connectivity index (χ0n) is 18.9. The molecule has 0 radical (unpaired) electrons. The summed E-state index contributed by atoms with van der Waals surface area (Å²) in [4.78, 5) is 21.9. The second kappa shape index (κ2) is 9.14. The second-order valence-corrected chi connectivity index (χ2v) is 9.48. The van der Waals surface area contributed by atoms with Gasteiger partial charge in [0.05, 0.1) is 28.0 Å². The highest BCUT2D eigenvalue weighted by Crippen LogP contribution is 2.33. The lowest BCUT2D eigenvalue weighted by Crippen LogP contribution is -2.49. The van der Waals surface area contributed by atoms with E-state index in [9.17, 15) is 9.90 Å². The van der Waals surface area contributed by atoms with Crippen LogP contribution < -0.4 is 10.6 Å². The lowest BCUT2D eigenvalue weighted by atomic mass is 10.0. The third-order valence-corrected chi connectivity index (χ3v) is 5.92. The molecule has 0 aliphatic rings. The lowest BCUT2D eigenvalue weighted by Gasteiger charge is -2.25. The van der Waals surface area contributed by atoms with Crippen molar-refractivity contribution in [2.45, 2.75) is 19.4 Å². The van der Waals surface area contributed by atoms with Gasteiger partial charge in [-0.25, -0.2) is 4.99 Å². The van der Waals surface area contributed by atoms with Crippen molar-refractivity contribution >= 4 is 57.1 Å². The third-order valence-electron chi connectivity index (χ3n) is 5.43. The fourth-order valence-corrected chi connectivity index (χ4v) is 4.00. The summed E-state index contributed by atoms with van der Waals surface area (Å²) in [7, 11) is 1.68. The second-order valence-electron chi connectivity index (χ2n) is 8.61. The average molecular weight is 495 g/mol. The molecule has 0 unspecified atom stereocenters. The van der Waals surface area contributed by atoms with Gasteiger partial charge in [0.1, 0.15) is 0 Å². The summed E-state index contributed by atoms with van der Waals surface area (Å²) in [5.41, 5.74) is 8.89. The van der Waals surface area contributed by atoms with E-state index in [0.717, 1.165) is 10.9 Å². The van der Waals surface area contributed by atoms with Gasteiger partial charge in [0.15, 0.2) is 5.88 Å². The Morgan fingerprint density at radius 1 is 1.00 bits per heavy atom. The highest BCUT2D eigenvalue weighted by molar-refractivity contribution is 6.32. The molecular formula is C26H24Cl2N4O2. The van der Waals surface area contributed by atoms with Crippen LogP contribution in [0.5, 0.6) is 5.88 Å². The number of amides is 1. The standard InChI is InChI=1S/C26H24Cl2N4O2/c1-26(2,29)25(34)32(3)19-11-9-18(10-12-19)30-23(15-4-6-16(27)7-5-15)22-20-13-8-17(28)14-21(20)31-24(22)33/h4-14,31,33H,29H2,1-3H3. The summed E-state index contributed by atoms with van der Waals surface area (Å²) in [5, 5.41) is 12.7. The number of benzene rings is 3. The van der Waals surface area contributed by atoms with Crippen molar-refractivity contribution in [1.82, 2.24) is 4.98 Å². The highest BCUT2D eigenvalue weighted by atomic mass is 35.5. The molecule has 0 bridgehead atoms. The van der Waals surface area contributed by atoms with Gasteiger partial charge in [0.25, 0.3) is 0 Å². The van der Waals surface area contributed by atoms with Gasteiger partial charge >= 0.3 is 0 Å². The number of fused-ring (bicyclic) bond motifs is 1. The van der Waals surface area contributed by atoms with E-state index in [1.54, 1.807) is 69.4 Å². The summed E-state index contributed by atoms with van der Waals surface area (Å²) in [5.74, 6) is -0.217. The van der Waals surface area contributed by atoms with E-state index in [1.807, 2.05) is 18.2 Å². The number of aromatic nitrogens is 1. The number of aromatic amines is 1. The van der Waals surface area contributed by atoms with Crippen molar-refractivity contribution in [2.24, 2.45) is 10.7 Å². The van der Waals surface area contributed by atoms with Crippen LogP contribution >= 0.6 is 23.2 Å². The molecular weight excluding hydrogens is 471 g/mol. The Bertz CT molecular complexity index is 1390. The minimum atomic E-state index is -0.983. The Kier molecular flexibility index (Phi) is 6.41. The fraction of sp³-hybridized carbons (Fsp3) is 0.154. The van der Waals surface area contributed by atoms with Crippen LogP contribution in [0.1, 0.15) is 25.0 Å². The number of nitrogens with one attached hydrogen (secondary N) is 1. The zero-order valence-corrected chi connectivity index (χ0v) is 20.4. The maximum Gasteiger partial charge on any atom is 0.246 e. The van der Waals surface area contributed by atoms with E-state index < -0.39 is 5.54 Å². The number of H-pyrrole nitrogens is 1. The molecule has 8 heteroatoms. The molecule has 1 amide bonds. The number of hydrogen-bond donors (Lipinski definition) is 3. The number of anilines is 1. The highest BCUT2D eigenvalue weighted by Gasteiger charge is 2.26. The smallest absolute Gasteiger partial charge is 0.246 e. The van der Waals surface area contributed by atoms with Crippen molar-refractivity contribution < 1.29 is 9.90 Å². The monoisotopic (exact) mass is 494 g/mol. The van der Waals surface area contributed by atoms with Gasteiger partial charge in [-0.15, -0.1) is 0 Å². The molecule has 0 atom stereocenters. The normalized spacial score (nSPS) is 12.2. The van der Waals surface area contributed by atoms with E-state index in [0.29, 0.717) is 38.2 Å². The largest absolute Gasteiger partial charge is 0.494 e. The first-order valence-corrected chi connectivity index (χ1v) is 11.3. The summed E-state index contributed by atoms with van der Waals surface area (Å²) in [6, 6.07) is 19.8. The predicted molar refractivity (Wildman–Crippen MR) is 140 cm³/mol. The van der Waals surface area contributed by atoms with Crippen LogP contribution in [0, 0.1) is 0 Å². The molecule has 6 nitrogen and oxygen atoms in total. The molecule has 1 aromatic heterocycles. The molecule has 0 saturated heterocycles. The number of hydrogen-bond acceptors (Lipinski definition) is 4. The van der Waals surface area contributed by atoms with E-state index in [4.69, 9.17) is 33.9 Å². The first-order valence-electron chi connectivity index (χ1n) is 10.6. The van der Waals surface area contributed by atoms with Gasteiger partial charge in [-0.2, -0.15) is 0 Å². The summed E-state index contributed by atoms with van der Waals surface area (Å²) in [6.07, 6.45) is 0. The molecule has 1 heterocycles. The minimum Gasteiger partial charge on any atom is -0.494 e. The van der Waals surface area contributed by atoms with Crippen LogP contribution in [0.2, 0.25) is 10.0 Å². The number of carbonyl (C=O) groups excluding carboxylic acids is 1. The number of halogens is 2. The Balaban J connectivity index is 1.81. The molecule has 0 fully saturated rings. The number of likely N-dealkylation sites (N-methyl/N-ethyl adjacent to an activating group) is 1. The van der Waals surface area contributed by atoms with E-state index in [2.05, 4.69) is 4.98 Å². The zero-order chi connectivity index (χ0) is 24.6. The number of carbonyl (C=O) groups is 1. The van der Waals surface area contributed by atoms with Crippen LogP contribution in [-0.2, 0) is 4.79 Å². The molecule has 3 aromatic carbocycles. The predicted octanol–water partition coefficient (Wildman–Crippen LogP) is 6.05. The van der Waals surface area contributed by atoms with Gasteiger partial charge in [-0.1, -0.05) is 41.4 Å². The summed E-state index contributed by atoms with van der Waals surface area (Å²) >= 11 is 12.2. The van der Waals surface area contributed by atoms with Crippen LogP contribution in [0.3, 0.4) is 0 Å². The van der Waals surface area contributed by atoms with Gasteiger partial charge in [0, 0.05) is 33.7 Å². The minimum absolute atomic E-state index is 0.0157. The number of aromatic hydroxyl groups is 1.